The van der Waals surface area contributed by atoms with Crippen molar-refractivity contribution in [2.45, 2.75) is 38.6 Å². The molecule has 1 saturated carbocycles. The lowest BCUT2D eigenvalue weighted by Crippen LogP contribution is -2.53. The largest absolute Gasteiger partial charge is 0.480 e. The molecule has 1 heterocycles. The van der Waals surface area contributed by atoms with E-state index in [-0.39, 0.29) is 11.9 Å². The Labute approximate surface area is 110 Å². The van der Waals surface area contributed by atoms with Gasteiger partial charge in [-0.05, 0) is 31.2 Å². The van der Waals surface area contributed by atoms with Crippen molar-refractivity contribution in [3.63, 3.8) is 0 Å². The zero-order valence-electron chi connectivity index (χ0n) is 10.3. The summed E-state index contributed by atoms with van der Waals surface area (Å²) in [6.45, 7) is 1.91. The molecular formula is C13H17NO3S. The highest BCUT2D eigenvalue weighted by molar-refractivity contribution is 7.09. The van der Waals surface area contributed by atoms with E-state index in [2.05, 4.69) is 5.32 Å². The van der Waals surface area contributed by atoms with E-state index >= 15 is 0 Å². The fourth-order valence-corrected chi connectivity index (χ4v) is 3.05. The third kappa shape index (κ3) is 2.41. The highest BCUT2D eigenvalue weighted by Crippen LogP contribution is 2.41. The average molecular weight is 267 g/mol. The van der Waals surface area contributed by atoms with Gasteiger partial charge in [-0.15, -0.1) is 11.3 Å². The molecule has 1 fully saturated rings. The van der Waals surface area contributed by atoms with E-state index < -0.39 is 11.4 Å². The van der Waals surface area contributed by atoms with E-state index in [0.717, 1.165) is 12.8 Å². The van der Waals surface area contributed by atoms with Crippen LogP contribution in [-0.2, 0) is 16.0 Å². The molecule has 1 aromatic heterocycles. The number of thiophene rings is 1. The summed E-state index contributed by atoms with van der Waals surface area (Å²) >= 11 is 1.64. The van der Waals surface area contributed by atoms with E-state index in [1.54, 1.807) is 11.3 Å². The molecule has 1 amide bonds. The molecule has 2 rings (SSSR count). The molecule has 5 heteroatoms. The van der Waals surface area contributed by atoms with Crippen LogP contribution in [0.5, 0.6) is 0 Å². The molecule has 1 aliphatic rings. The van der Waals surface area contributed by atoms with Crippen LogP contribution in [-0.4, -0.2) is 23.0 Å². The van der Waals surface area contributed by atoms with Crippen LogP contribution in [0.15, 0.2) is 17.5 Å². The molecule has 1 unspecified atom stereocenters. The van der Waals surface area contributed by atoms with Crippen LogP contribution < -0.4 is 5.32 Å². The van der Waals surface area contributed by atoms with Gasteiger partial charge in [0.15, 0.2) is 0 Å². The summed E-state index contributed by atoms with van der Waals surface area (Å²) in [5.41, 5.74) is -1.16. The number of nitrogens with one attached hydrogen (secondary N) is 1. The first-order chi connectivity index (χ1) is 8.54. The van der Waals surface area contributed by atoms with Gasteiger partial charge in [0.25, 0.3) is 0 Å². The number of rotatable bonds is 5. The molecule has 2 N–H and O–H groups in total. The Morgan fingerprint density at radius 1 is 1.56 bits per heavy atom. The molecular weight excluding hydrogens is 250 g/mol. The van der Waals surface area contributed by atoms with E-state index in [0.29, 0.717) is 12.8 Å². The zero-order valence-corrected chi connectivity index (χ0v) is 11.1. The lowest BCUT2D eigenvalue weighted by Gasteiger charge is -2.36. The number of aliphatic carboxylic acids is 1. The van der Waals surface area contributed by atoms with Gasteiger partial charge >= 0.3 is 5.97 Å². The van der Waals surface area contributed by atoms with Crippen molar-refractivity contribution >= 4 is 23.2 Å². The summed E-state index contributed by atoms with van der Waals surface area (Å²) in [5, 5.41) is 14.0. The van der Waals surface area contributed by atoms with Gasteiger partial charge in [0.2, 0.25) is 5.91 Å². The Morgan fingerprint density at radius 2 is 2.28 bits per heavy atom. The van der Waals surface area contributed by atoms with Crippen LogP contribution >= 0.6 is 11.3 Å². The summed E-state index contributed by atoms with van der Waals surface area (Å²) in [7, 11) is 0. The second-order valence-electron chi connectivity index (χ2n) is 4.90. The lowest BCUT2D eigenvalue weighted by molar-refractivity contribution is -0.162. The van der Waals surface area contributed by atoms with Crippen molar-refractivity contribution in [2.24, 2.45) is 5.41 Å². The SMILES string of the molecule is CC(Cc1cccs1)NC(=O)C1(C(=O)O)CCC1. The van der Waals surface area contributed by atoms with E-state index in [1.165, 1.54) is 4.88 Å². The predicted octanol–water partition coefficient (Wildman–Crippen LogP) is 2.05. The minimum atomic E-state index is -1.16. The number of carbonyl (C=O) groups excluding carboxylic acids is 1. The molecule has 1 aromatic rings. The summed E-state index contributed by atoms with van der Waals surface area (Å²) in [6, 6.07) is 3.95. The van der Waals surface area contributed by atoms with Crippen molar-refractivity contribution in [1.29, 1.82) is 0 Å². The maximum atomic E-state index is 12.0. The Kier molecular flexibility index (Phi) is 3.71. The quantitative estimate of drug-likeness (QED) is 0.802. The Bertz CT molecular complexity index is 437. The van der Waals surface area contributed by atoms with Crippen LogP contribution in [0.4, 0.5) is 0 Å². The molecule has 98 valence electrons. The Balaban J connectivity index is 1.92. The van der Waals surface area contributed by atoms with Crippen molar-refractivity contribution in [3.8, 4) is 0 Å². The normalized spacial score (nSPS) is 18.7. The third-order valence-corrected chi connectivity index (χ3v) is 4.41. The minimum absolute atomic E-state index is 0.0343. The van der Waals surface area contributed by atoms with Gasteiger partial charge in [-0.1, -0.05) is 12.5 Å². The van der Waals surface area contributed by atoms with Crippen LogP contribution in [0, 0.1) is 5.41 Å². The number of hydrogen-bond acceptors (Lipinski definition) is 3. The molecule has 0 radical (unpaired) electrons. The minimum Gasteiger partial charge on any atom is -0.480 e. The fourth-order valence-electron chi connectivity index (χ4n) is 2.21. The summed E-state index contributed by atoms with van der Waals surface area (Å²) < 4.78 is 0. The maximum Gasteiger partial charge on any atom is 0.319 e. The number of carboxylic acid groups (broad SMARTS) is 1. The molecule has 1 atom stereocenters. The van der Waals surface area contributed by atoms with Crippen molar-refractivity contribution in [3.05, 3.63) is 22.4 Å². The van der Waals surface area contributed by atoms with E-state index in [9.17, 15) is 9.59 Å². The molecule has 4 nitrogen and oxygen atoms in total. The van der Waals surface area contributed by atoms with E-state index in [4.69, 9.17) is 5.11 Å². The molecule has 0 saturated heterocycles. The van der Waals surface area contributed by atoms with Gasteiger partial charge in [-0.3, -0.25) is 9.59 Å². The smallest absolute Gasteiger partial charge is 0.319 e. The second kappa shape index (κ2) is 5.10. The van der Waals surface area contributed by atoms with Crippen molar-refractivity contribution in [2.75, 3.05) is 0 Å². The van der Waals surface area contributed by atoms with E-state index in [1.807, 2.05) is 24.4 Å². The summed E-state index contributed by atoms with van der Waals surface area (Å²) in [6.07, 6.45) is 2.48. The number of carbonyl (C=O) groups is 2. The molecule has 18 heavy (non-hydrogen) atoms. The van der Waals surface area contributed by atoms with Gasteiger partial charge in [0.1, 0.15) is 5.41 Å². The molecule has 0 aromatic carbocycles. The van der Waals surface area contributed by atoms with Crippen LogP contribution in [0.2, 0.25) is 0 Å². The Hall–Kier alpha value is -1.36. The van der Waals surface area contributed by atoms with Crippen molar-refractivity contribution in [1.82, 2.24) is 5.32 Å². The van der Waals surface area contributed by atoms with Crippen molar-refractivity contribution < 1.29 is 14.7 Å². The van der Waals surface area contributed by atoms with Gasteiger partial charge in [0, 0.05) is 17.3 Å². The average Bonchev–Trinajstić information content (AvgIpc) is 2.66. The van der Waals surface area contributed by atoms with Crippen LogP contribution in [0.25, 0.3) is 0 Å². The molecule has 0 bridgehead atoms. The van der Waals surface area contributed by atoms with Crippen LogP contribution in [0.1, 0.15) is 31.1 Å². The predicted molar refractivity (Wildman–Crippen MR) is 69.5 cm³/mol. The Morgan fingerprint density at radius 3 is 2.72 bits per heavy atom. The van der Waals surface area contributed by atoms with Gasteiger partial charge in [-0.2, -0.15) is 0 Å². The lowest BCUT2D eigenvalue weighted by atomic mass is 9.68. The summed E-state index contributed by atoms with van der Waals surface area (Å²) in [4.78, 5) is 24.4. The summed E-state index contributed by atoms with van der Waals surface area (Å²) in [5.74, 6) is -1.32. The van der Waals surface area contributed by atoms with Gasteiger partial charge in [0.05, 0.1) is 0 Å². The molecule has 1 aliphatic carbocycles. The molecule has 0 spiro atoms. The fraction of sp³-hybridized carbons (Fsp3) is 0.538. The first kappa shape index (κ1) is 13.1. The van der Waals surface area contributed by atoms with Crippen LogP contribution in [0.3, 0.4) is 0 Å². The third-order valence-electron chi connectivity index (χ3n) is 3.52. The standard InChI is InChI=1S/C13H17NO3S/c1-9(8-10-4-2-7-18-10)14-11(15)13(12(16)17)5-3-6-13/h2,4,7,9H,3,5-6,8H2,1H3,(H,14,15)(H,16,17). The topological polar surface area (TPSA) is 66.4 Å². The maximum absolute atomic E-state index is 12.0. The van der Waals surface area contributed by atoms with Gasteiger partial charge < -0.3 is 10.4 Å². The van der Waals surface area contributed by atoms with Gasteiger partial charge in [-0.25, -0.2) is 0 Å². The second-order valence-corrected chi connectivity index (χ2v) is 5.93. The highest BCUT2D eigenvalue weighted by Gasteiger charge is 2.51. The number of hydrogen-bond donors (Lipinski definition) is 2. The first-order valence-electron chi connectivity index (χ1n) is 6.11. The zero-order chi connectivity index (χ0) is 13.2. The monoisotopic (exact) mass is 267 g/mol. The highest BCUT2D eigenvalue weighted by atomic mass is 32.1. The number of carboxylic acids is 1. The number of amides is 1. The first-order valence-corrected chi connectivity index (χ1v) is 6.99. The molecule has 0 aliphatic heterocycles.